The number of hydrogen-bond donors (Lipinski definition) is 1. The number of rotatable bonds is 4. The monoisotopic (exact) mass is 311 g/mol. The summed E-state index contributed by atoms with van der Waals surface area (Å²) in [5.41, 5.74) is -0.713. The van der Waals surface area contributed by atoms with Crippen LogP contribution < -0.4 is 0 Å². The molecular formula is C15H18ClNO4. The standard InChI is InChI=1S/C15H18ClNO4/c1-10-4-3-7-15(8-10,14(18)19)9-11-12(16)5-2-6-13(11)17(20)21/h2,5-6,10H,3-4,7-9H2,1H3,(H,18,19). The Bertz CT molecular complexity index is 575. The second kappa shape index (κ2) is 6.02. The quantitative estimate of drug-likeness (QED) is 0.671. The maximum absolute atomic E-state index is 11.8. The number of hydrogen-bond acceptors (Lipinski definition) is 3. The number of carbonyl (C=O) groups is 1. The number of nitrogens with zero attached hydrogens (tertiary/aromatic N) is 1. The van der Waals surface area contributed by atoms with E-state index in [-0.39, 0.29) is 17.1 Å². The summed E-state index contributed by atoms with van der Waals surface area (Å²) in [6.07, 6.45) is 3.01. The number of nitro groups is 1. The lowest BCUT2D eigenvalue weighted by molar-refractivity contribution is -0.385. The van der Waals surface area contributed by atoms with Crippen LogP contribution >= 0.6 is 11.6 Å². The summed E-state index contributed by atoms with van der Waals surface area (Å²) in [5, 5.41) is 21.1. The molecule has 1 saturated carbocycles. The normalized spacial score (nSPS) is 25.5. The molecule has 0 amide bonds. The molecule has 6 heteroatoms. The van der Waals surface area contributed by atoms with Crippen LogP contribution in [0.2, 0.25) is 5.02 Å². The molecular weight excluding hydrogens is 294 g/mol. The summed E-state index contributed by atoms with van der Waals surface area (Å²) in [5.74, 6) is -0.584. The molecule has 0 bridgehead atoms. The predicted molar refractivity (Wildman–Crippen MR) is 79.5 cm³/mol. The van der Waals surface area contributed by atoms with E-state index < -0.39 is 16.3 Å². The van der Waals surface area contributed by atoms with Gasteiger partial charge in [-0.2, -0.15) is 0 Å². The molecule has 0 radical (unpaired) electrons. The van der Waals surface area contributed by atoms with E-state index in [9.17, 15) is 20.0 Å². The van der Waals surface area contributed by atoms with Crippen LogP contribution in [0.1, 0.15) is 38.2 Å². The molecule has 0 heterocycles. The fraction of sp³-hybridized carbons (Fsp3) is 0.533. The van der Waals surface area contributed by atoms with Gasteiger partial charge in [0.1, 0.15) is 0 Å². The number of nitro benzene ring substituents is 1. The lowest BCUT2D eigenvalue weighted by Gasteiger charge is -2.36. The average Bonchev–Trinajstić information content (AvgIpc) is 2.40. The second-order valence-corrected chi connectivity index (χ2v) is 6.37. The van der Waals surface area contributed by atoms with Crippen molar-refractivity contribution >= 4 is 23.3 Å². The van der Waals surface area contributed by atoms with Crippen molar-refractivity contribution in [2.24, 2.45) is 11.3 Å². The van der Waals surface area contributed by atoms with Gasteiger partial charge in [-0.05, 0) is 31.2 Å². The maximum atomic E-state index is 11.8. The molecule has 1 aromatic carbocycles. The molecule has 0 saturated heterocycles. The molecule has 21 heavy (non-hydrogen) atoms. The van der Waals surface area contributed by atoms with E-state index in [2.05, 4.69) is 0 Å². The van der Waals surface area contributed by atoms with E-state index in [1.165, 1.54) is 12.1 Å². The number of halogens is 1. The van der Waals surface area contributed by atoms with Gasteiger partial charge >= 0.3 is 5.97 Å². The molecule has 1 N–H and O–H groups in total. The first-order chi connectivity index (χ1) is 9.85. The van der Waals surface area contributed by atoms with Crippen LogP contribution in [0, 0.1) is 21.4 Å². The van der Waals surface area contributed by atoms with Crippen molar-refractivity contribution in [3.8, 4) is 0 Å². The molecule has 1 aliphatic carbocycles. The zero-order valence-corrected chi connectivity index (χ0v) is 12.6. The van der Waals surface area contributed by atoms with E-state index in [1.807, 2.05) is 6.92 Å². The Balaban J connectivity index is 2.43. The lowest BCUT2D eigenvalue weighted by atomic mass is 9.67. The fourth-order valence-electron chi connectivity index (χ4n) is 3.32. The van der Waals surface area contributed by atoms with Crippen molar-refractivity contribution in [1.29, 1.82) is 0 Å². The van der Waals surface area contributed by atoms with Crippen LogP contribution in [0.25, 0.3) is 0 Å². The van der Waals surface area contributed by atoms with Crippen molar-refractivity contribution in [1.82, 2.24) is 0 Å². The molecule has 0 aliphatic heterocycles. The van der Waals surface area contributed by atoms with Gasteiger partial charge in [0.15, 0.2) is 0 Å². The summed E-state index contributed by atoms with van der Waals surface area (Å²) in [6, 6.07) is 4.47. The predicted octanol–water partition coefficient (Wildman–Crippen LogP) is 4.07. The Morgan fingerprint density at radius 1 is 1.57 bits per heavy atom. The van der Waals surface area contributed by atoms with Crippen LogP contribution in [0.15, 0.2) is 18.2 Å². The fourth-order valence-corrected chi connectivity index (χ4v) is 3.56. The van der Waals surface area contributed by atoms with Crippen molar-refractivity contribution < 1.29 is 14.8 Å². The molecule has 2 rings (SSSR count). The summed E-state index contributed by atoms with van der Waals surface area (Å²) < 4.78 is 0. The molecule has 5 nitrogen and oxygen atoms in total. The molecule has 1 aromatic rings. The number of benzene rings is 1. The summed E-state index contributed by atoms with van der Waals surface area (Å²) in [4.78, 5) is 22.5. The second-order valence-electron chi connectivity index (χ2n) is 5.96. The highest BCUT2D eigenvalue weighted by atomic mass is 35.5. The third-order valence-corrected chi connectivity index (χ3v) is 4.71. The van der Waals surface area contributed by atoms with Crippen molar-refractivity contribution in [3.05, 3.63) is 38.9 Å². The minimum absolute atomic E-state index is 0.0960. The molecule has 2 atom stereocenters. The number of carboxylic acids is 1. The van der Waals surface area contributed by atoms with Gasteiger partial charge < -0.3 is 5.11 Å². The summed E-state index contributed by atoms with van der Waals surface area (Å²) >= 11 is 6.10. The van der Waals surface area contributed by atoms with E-state index in [0.29, 0.717) is 24.3 Å². The van der Waals surface area contributed by atoms with E-state index in [0.717, 1.165) is 12.8 Å². The van der Waals surface area contributed by atoms with E-state index >= 15 is 0 Å². The highest BCUT2D eigenvalue weighted by Crippen LogP contribution is 2.44. The Hall–Kier alpha value is -1.62. The topological polar surface area (TPSA) is 80.4 Å². The van der Waals surface area contributed by atoms with Crippen molar-refractivity contribution in [3.63, 3.8) is 0 Å². The summed E-state index contributed by atoms with van der Waals surface area (Å²) in [7, 11) is 0. The minimum Gasteiger partial charge on any atom is -0.481 e. The van der Waals surface area contributed by atoms with Gasteiger partial charge in [0.2, 0.25) is 0 Å². The van der Waals surface area contributed by atoms with Gasteiger partial charge in [-0.1, -0.05) is 37.4 Å². The molecule has 1 aliphatic rings. The first-order valence-corrected chi connectivity index (χ1v) is 7.39. The SMILES string of the molecule is CC1CCCC(Cc2c(Cl)cccc2[N+](=O)[O-])(C(=O)O)C1. The van der Waals surface area contributed by atoms with Gasteiger partial charge in [-0.3, -0.25) is 14.9 Å². The van der Waals surface area contributed by atoms with E-state index in [4.69, 9.17) is 11.6 Å². The first-order valence-electron chi connectivity index (χ1n) is 7.01. The minimum atomic E-state index is -0.951. The van der Waals surface area contributed by atoms with Gasteiger partial charge in [0.05, 0.1) is 15.4 Å². The van der Waals surface area contributed by atoms with Gasteiger partial charge in [0.25, 0.3) is 5.69 Å². The third kappa shape index (κ3) is 3.18. The lowest BCUT2D eigenvalue weighted by Crippen LogP contribution is -2.38. The van der Waals surface area contributed by atoms with Gasteiger partial charge in [0, 0.05) is 11.6 Å². The molecule has 2 unspecified atom stereocenters. The van der Waals surface area contributed by atoms with Gasteiger partial charge in [-0.15, -0.1) is 0 Å². The van der Waals surface area contributed by atoms with Crippen LogP contribution in [0.5, 0.6) is 0 Å². The average molecular weight is 312 g/mol. The summed E-state index contributed by atoms with van der Waals surface area (Å²) in [6.45, 7) is 2.03. The molecule has 1 fully saturated rings. The van der Waals surface area contributed by atoms with Crippen LogP contribution in [-0.4, -0.2) is 16.0 Å². The molecule has 0 aromatic heterocycles. The highest BCUT2D eigenvalue weighted by Gasteiger charge is 2.43. The van der Waals surface area contributed by atoms with Crippen LogP contribution in [0.3, 0.4) is 0 Å². The largest absolute Gasteiger partial charge is 0.481 e. The molecule has 114 valence electrons. The first kappa shape index (κ1) is 15.8. The molecule has 0 spiro atoms. The zero-order chi connectivity index (χ0) is 15.6. The Morgan fingerprint density at radius 2 is 2.29 bits per heavy atom. The maximum Gasteiger partial charge on any atom is 0.309 e. The Morgan fingerprint density at radius 3 is 2.86 bits per heavy atom. The van der Waals surface area contributed by atoms with Crippen LogP contribution in [-0.2, 0) is 11.2 Å². The van der Waals surface area contributed by atoms with Crippen molar-refractivity contribution in [2.75, 3.05) is 0 Å². The van der Waals surface area contributed by atoms with Crippen LogP contribution in [0.4, 0.5) is 5.69 Å². The smallest absolute Gasteiger partial charge is 0.309 e. The highest BCUT2D eigenvalue weighted by molar-refractivity contribution is 6.31. The van der Waals surface area contributed by atoms with Crippen molar-refractivity contribution in [2.45, 2.75) is 39.0 Å². The zero-order valence-electron chi connectivity index (χ0n) is 11.8. The Kier molecular flexibility index (Phi) is 4.52. The van der Waals surface area contributed by atoms with E-state index in [1.54, 1.807) is 6.07 Å². The van der Waals surface area contributed by atoms with Gasteiger partial charge in [-0.25, -0.2) is 0 Å². The number of aliphatic carboxylic acids is 1. The third-order valence-electron chi connectivity index (χ3n) is 4.35. The number of carboxylic acid groups (broad SMARTS) is 1. The Labute approximate surface area is 128 Å².